The first kappa shape index (κ1) is 7.18. The predicted octanol–water partition coefficient (Wildman–Crippen LogP) is 1.33. The summed E-state index contributed by atoms with van der Waals surface area (Å²) in [4.78, 5) is 3.04. The molecule has 1 aromatic carbocycles. The number of nitrogens with two attached hydrogens (primary N) is 1. The molecule has 3 nitrogen and oxygen atoms in total. The molecule has 62 valence electrons. The summed E-state index contributed by atoms with van der Waals surface area (Å²) in [7, 11) is 0. The molecule has 0 aliphatic rings. The highest BCUT2D eigenvalue weighted by Gasteiger charge is 2.01. The first-order chi connectivity index (χ1) is 5.81. The molecule has 2 aromatic rings. The number of aromatic hydroxyl groups is 1. The van der Waals surface area contributed by atoms with E-state index in [0.717, 1.165) is 16.5 Å². The molecule has 4 N–H and O–H groups in total. The van der Waals surface area contributed by atoms with Crippen molar-refractivity contribution in [2.45, 2.75) is 6.54 Å². The van der Waals surface area contributed by atoms with Gasteiger partial charge in [-0.25, -0.2) is 0 Å². The van der Waals surface area contributed by atoms with Crippen LogP contribution in [0.3, 0.4) is 0 Å². The van der Waals surface area contributed by atoms with Gasteiger partial charge in [0.25, 0.3) is 0 Å². The van der Waals surface area contributed by atoms with E-state index in [2.05, 4.69) is 4.98 Å². The Labute approximate surface area is 69.8 Å². The minimum atomic E-state index is 0.271. The van der Waals surface area contributed by atoms with Crippen LogP contribution < -0.4 is 5.73 Å². The van der Waals surface area contributed by atoms with Crippen LogP contribution in [0.4, 0.5) is 0 Å². The van der Waals surface area contributed by atoms with E-state index >= 15 is 0 Å². The topological polar surface area (TPSA) is 62.0 Å². The lowest BCUT2D eigenvalue weighted by atomic mass is 10.2. The van der Waals surface area contributed by atoms with E-state index in [9.17, 15) is 0 Å². The second-order valence-corrected chi connectivity index (χ2v) is 2.75. The van der Waals surface area contributed by atoms with E-state index in [1.165, 1.54) is 0 Å². The zero-order chi connectivity index (χ0) is 8.55. The normalized spacial score (nSPS) is 10.8. The summed E-state index contributed by atoms with van der Waals surface area (Å²) in [6, 6.07) is 5.22. The molecule has 0 aliphatic heterocycles. The van der Waals surface area contributed by atoms with Crippen molar-refractivity contribution in [2.24, 2.45) is 5.73 Å². The van der Waals surface area contributed by atoms with E-state index in [4.69, 9.17) is 10.8 Å². The SMILES string of the molecule is NCc1c[nH]c2cc(O)ccc12. The molecule has 0 spiro atoms. The average molecular weight is 162 g/mol. The zero-order valence-corrected chi connectivity index (χ0v) is 6.54. The number of rotatable bonds is 1. The molecule has 3 heteroatoms. The molecular weight excluding hydrogens is 152 g/mol. The Balaban J connectivity index is 2.73. The van der Waals surface area contributed by atoms with Crippen LogP contribution in [0.2, 0.25) is 0 Å². The standard InChI is InChI=1S/C9H10N2O/c10-4-6-5-11-9-3-7(12)1-2-8(6)9/h1-3,5,11-12H,4,10H2. The lowest BCUT2D eigenvalue weighted by molar-refractivity contribution is 0.476. The number of H-pyrrole nitrogens is 1. The molecule has 0 atom stereocenters. The van der Waals surface area contributed by atoms with Crippen LogP contribution in [0.15, 0.2) is 24.4 Å². The van der Waals surface area contributed by atoms with Gasteiger partial charge in [0.05, 0.1) is 0 Å². The minimum absolute atomic E-state index is 0.271. The van der Waals surface area contributed by atoms with Crippen LogP contribution in [-0.2, 0) is 6.54 Å². The first-order valence-electron chi connectivity index (χ1n) is 3.80. The van der Waals surface area contributed by atoms with Gasteiger partial charge >= 0.3 is 0 Å². The van der Waals surface area contributed by atoms with Crippen LogP contribution in [-0.4, -0.2) is 10.1 Å². The number of hydrogen-bond acceptors (Lipinski definition) is 2. The second kappa shape index (κ2) is 2.53. The maximum atomic E-state index is 9.16. The number of phenolic OH excluding ortho intramolecular Hbond substituents is 1. The third-order valence-corrected chi connectivity index (χ3v) is 1.97. The van der Waals surface area contributed by atoms with Crippen LogP contribution in [0, 0.1) is 0 Å². The zero-order valence-electron chi connectivity index (χ0n) is 6.54. The molecule has 2 rings (SSSR count). The van der Waals surface area contributed by atoms with Crippen molar-refractivity contribution in [3.8, 4) is 5.75 Å². The minimum Gasteiger partial charge on any atom is -0.508 e. The van der Waals surface area contributed by atoms with Crippen molar-refractivity contribution >= 4 is 10.9 Å². The summed E-state index contributed by atoms with van der Waals surface area (Å²) in [6.45, 7) is 0.519. The van der Waals surface area contributed by atoms with Crippen molar-refractivity contribution in [3.05, 3.63) is 30.0 Å². The predicted molar refractivity (Wildman–Crippen MR) is 47.9 cm³/mol. The Morgan fingerprint density at radius 3 is 3.00 bits per heavy atom. The highest BCUT2D eigenvalue weighted by molar-refractivity contribution is 5.84. The number of aromatic nitrogens is 1. The first-order valence-corrected chi connectivity index (χ1v) is 3.80. The molecule has 0 saturated heterocycles. The van der Waals surface area contributed by atoms with E-state index in [0.29, 0.717) is 6.54 Å². The highest BCUT2D eigenvalue weighted by atomic mass is 16.3. The summed E-state index contributed by atoms with van der Waals surface area (Å²) < 4.78 is 0. The fourth-order valence-corrected chi connectivity index (χ4v) is 1.34. The van der Waals surface area contributed by atoms with Gasteiger partial charge in [-0.15, -0.1) is 0 Å². The maximum absolute atomic E-state index is 9.16. The number of benzene rings is 1. The number of hydrogen-bond donors (Lipinski definition) is 3. The smallest absolute Gasteiger partial charge is 0.117 e. The van der Waals surface area contributed by atoms with Gasteiger partial charge in [0.15, 0.2) is 0 Å². The Bertz CT molecular complexity index is 406. The summed E-state index contributed by atoms with van der Waals surface area (Å²) >= 11 is 0. The Hall–Kier alpha value is -1.48. The van der Waals surface area contributed by atoms with Crippen molar-refractivity contribution < 1.29 is 5.11 Å². The van der Waals surface area contributed by atoms with Gasteiger partial charge < -0.3 is 15.8 Å². The Kier molecular flexibility index (Phi) is 1.52. The quantitative estimate of drug-likeness (QED) is 0.592. The Morgan fingerprint density at radius 1 is 1.42 bits per heavy atom. The van der Waals surface area contributed by atoms with Crippen molar-refractivity contribution in [3.63, 3.8) is 0 Å². The summed E-state index contributed by atoms with van der Waals surface area (Å²) in [5.41, 5.74) is 7.52. The maximum Gasteiger partial charge on any atom is 0.117 e. The Morgan fingerprint density at radius 2 is 2.25 bits per heavy atom. The number of phenols is 1. The van der Waals surface area contributed by atoms with Gasteiger partial charge in [-0.1, -0.05) is 0 Å². The largest absolute Gasteiger partial charge is 0.508 e. The molecule has 1 heterocycles. The van der Waals surface area contributed by atoms with Gasteiger partial charge in [-0.2, -0.15) is 0 Å². The highest BCUT2D eigenvalue weighted by Crippen LogP contribution is 2.21. The van der Waals surface area contributed by atoms with Gasteiger partial charge in [-0.05, 0) is 17.7 Å². The molecule has 0 fully saturated rings. The molecule has 1 aromatic heterocycles. The van der Waals surface area contributed by atoms with E-state index < -0.39 is 0 Å². The summed E-state index contributed by atoms with van der Waals surface area (Å²) in [5, 5.41) is 10.2. The van der Waals surface area contributed by atoms with Crippen molar-refractivity contribution in [2.75, 3.05) is 0 Å². The molecule has 0 radical (unpaired) electrons. The molecule has 0 bridgehead atoms. The van der Waals surface area contributed by atoms with Gasteiger partial charge in [0.1, 0.15) is 5.75 Å². The summed E-state index contributed by atoms with van der Waals surface area (Å²) in [6.07, 6.45) is 1.87. The molecule has 0 saturated carbocycles. The van der Waals surface area contributed by atoms with E-state index in [1.807, 2.05) is 12.3 Å². The van der Waals surface area contributed by atoms with Crippen LogP contribution in [0.5, 0.6) is 5.75 Å². The molecule has 0 aliphatic carbocycles. The molecular formula is C9H10N2O. The number of nitrogens with one attached hydrogen (secondary N) is 1. The van der Waals surface area contributed by atoms with Crippen LogP contribution >= 0.6 is 0 Å². The average Bonchev–Trinajstić information content (AvgIpc) is 2.46. The molecule has 12 heavy (non-hydrogen) atoms. The fourth-order valence-electron chi connectivity index (χ4n) is 1.34. The van der Waals surface area contributed by atoms with Gasteiger partial charge in [0, 0.05) is 29.7 Å². The fraction of sp³-hybridized carbons (Fsp3) is 0.111. The van der Waals surface area contributed by atoms with E-state index in [1.54, 1.807) is 12.1 Å². The summed E-state index contributed by atoms with van der Waals surface area (Å²) in [5.74, 6) is 0.271. The molecule has 0 unspecified atom stereocenters. The van der Waals surface area contributed by atoms with Gasteiger partial charge in [-0.3, -0.25) is 0 Å². The third-order valence-electron chi connectivity index (χ3n) is 1.97. The van der Waals surface area contributed by atoms with Gasteiger partial charge in [0.2, 0.25) is 0 Å². The third kappa shape index (κ3) is 0.950. The lowest BCUT2D eigenvalue weighted by Crippen LogP contribution is -1.93. The monoisotopic (exact) mass is 162 g/mol. The van der Waals surface area contributed by atoms with Crippen molar-refractivity contribution in [1.29, 1.82) is 0 Å². The van der Waals surface area contributed by atoms with Crippen LogP contribution in [0.25, 0.3) is 10.9 Å². The lowest BCUT2D eigenvalue weighted by Gasteiger charge is -1.94. The van der Waals surface area contributed by atoms with Crippen molar-refractivity contribution in [1.82, 2.24) is 4.98 Å². The van der Waals surface area contributed by atoms with Crippen LogP contribution in [0.1, 0.15) is 5.56 Å². The molecule has 0 amide bonds. The number of fused-ring (bicyclic) bond motifs is 1. The number of aromatic amines is 1. The second-order valence-electron chi connectivity index (χ2n) is 2.75. The van der Waals surface area contributed by atoms with E-state index in [-0.39, 0.29) is 5.75 Å².